The van der Waals surface area contributed by atoms with E-state index in [0.29, 0.717) is 6.42 Å². The normalized spacial score (nSPS) is 15.5. The van der Waals surface area contributed by atoms with Crippen LogP contribution in [-0.4, -0.2) is 48.7 Å². The Hall–Kier alpha value is -1.10. The highest BCUT2D eigenvalue weighted by molar-refractivity contribution is 5.84. The van der Waals surface area contributed by atoms with Crippen LogP contribution in [-0.2, 0) is 9.59 Å². The highest BCUT2D eigenvalue weighted by Gasteiger charge is 2.54. The van der Waals surface area contributed by atoms with Gasteiger partial charge in [0.25, 0.3) is 0 Å². The van der Waals surface area contributed by atoms with E-state index in [1.165, 1.54) is 44.9 Å². The van der Waals surface area contributed by atoms with Crippen LogP contribution in [0.4, 0.5) is 0 Å². The first kappa shape index (κ1) is 25.9. The fourth-order valence-corrected chi connectivity index (χ4v) is 4.33. The average molecular weight is 386 g/mol. The second-order valence-corrected chi connectivity index (χ2v) is 9.27. The lowest BCUT2D eigenvalue weighted by molar-refractivity contribution is -0.896. The van der Waals surface area contributed by atoms with Crippen molar-refractivity contribution in [1.29, 1.82) is 0 Å². The minimum atomic E-state index is -1.31. The van der Waals surface area contributed by atoms with Crippen molar-refractivity contribution in [2.75, 3.05) is 21.1 Å². The molecule has 5 nitrogen and oxygen atoms in total. The fraction of sp³-hybridized carbons (Fsp3) is 0.909. The second-order valence-electron chi connectivity index (χ2n) is 9.27. The maximum Gasteiger partial charge on any atom is 0.316 e. The molecule has 1 N–H and O–H groups in total. The number of aliphatic carboxylic acids is 2. The van der Waals surface area contributed by atoms with Crippen molar-refractivity contribution in [3.8, 4) is 0 Å². The standard InChI is InChI=1S/C22H43NO4/c1-7-8-9-10-11-12-13-14-15-16-17-22(18(2)3,21(26)27)19(20(24)25)23(4,5)6/h18-19H,7-17H2,1-6H3,(H-,24,25,26,27). The van der Waals surface area contributed by atoms with Gasteiger partial charge in [0, 0.05) is 0 Å². The molecule has 0 bridgehead atoms. The van der Waals surface area contributed by atoms with Gasteiger partial charge in [0.15, 0.2) is 0 Å². The van der Waals surface area contributed by atoms with Crippen molar-refractivity contribution in [1.82, 2.24) is 0 Å². The lowest BCUT2D eigenvalue weighted by Gasteiger charge is -2.47. The SMILES string of the molecule is CCCCCCCCCCCCC(C(=O)O)(C(C)C)C(C(=O)[O-])[N+](C)(C)C. The maximum atomic E-state index is 12.2. The molecular formula is C22H43NO4. The highest BCUT2D eigenvalue weighted by Crippen LogP contribution is 2.41. The molecule has 0 fully saturated rings. The first-order chi connectivity index (χ1) is 12.5. The van der Waals surface area contributed by atoms with Crippen molar-refractivity contribution < 1.29 is 24.3 Å². The van der Waals surface area contributed by atoms with Crippen LogP contribution >= 0.6 is 0 Å². The van der Waals surface area contributed by atoms with Gasteiger partial charge in [0.05, 0.1) is 21.1 Å². The van der Waals surface area contributed by atoms with E-state index in [9.17, 15) is 19.8 Å². The molecule has 160 valence electrons. The Balaban J connectivity index is 4.74. The molecule has 0 aromatic heterocycles. The zero-order valence-electron chi connectivity index (χ0n) is 18.6. The number of quaternary nitrogens is 1. The van der Waals surface area contributed by atoms with E-state index >= 15 is 0 Å². The minimum Gasteiger partial charge on any atom is -0.544 e. The van der Waals surface area contributed by atoms with Crippen LogP contribution in [0.2, 0.25) is 0 Å². The summed E-state index contributed by atoms with van der Waals surface area (Å²) >= 11 is 0. The molecule has 2 atom stereocenters. The van der Waals surface area contributed by atoms with Gasteiger partial charge in [-0.25, -0.2) is 0 Å². The van der Waals surface area contributed by atoms with E-state index in [1.54, 1.807) is 21.1 Å². The van der Waals surface area contributed by atoms with E-state index in [-0.39, 0.29) is 10.4 Å². The molecule has 0 spiro atoms. The van der Waals surface area contributed by atoms with Crippen molar-refractivity contribution >= 4 is 11.9 Å². The number of carboxylic acid groups (broad SMARTS) is 2. The Morgan fingerprint density at radius 1 is 0.889 bits per heavy atom. The average Bonchev–Trinajstić information content (AvgIpc) is 2.53. The minimum absolute atomic E-state index is 0.0462. The summed E-state index contributed by atoms with van der Waals surface area (Å²) in [5.41, 5.74) is -1.31. The fourth-order valence-electron chi connectivity index (χ4n) is 4.33. The van der Waals surface area contributed by atoms with E-state index in [4.69, 9.17) is 0 Å². The summed E-state index contributed by atoms with van der Waals surface area (Å²) in [6, 6.07) is -1.08. The van der Waals surface area contributed by atoms with Gasteiger partial charge in [-0.1, -0.05) is 85.0 Å². The third-order valence-electron chi connectivity index (χ3n) is 5.86. The number of carbonyl (C=O) groups excluding carboxylic acids is 1. The summed E-state index contributed by atoms with van der Waals surface area (Å²) in [6.07, 6.45) is 12.1. The Labute approximate surface area is 166 Å². The number of rotatable bonds is 16. The molecule has 0 aliphatic carbocycles. The van der Waals surface area contributed by atoms with Crippen LogP contribution in [0, 0.1) is 11.3 Å². The molecule has 0 radical (unpaired) electrons. The molecule has 0 aromatic carbocycles. The van der Waals surface area contributed by atoms with Crippen LogP contribution in [0.15, 0.2) is 0 Å². The zero-order chi connectivity index (χ0) is 21.1. The number of carboxylic acids is 2. The van der Waals surface area contributed by atoms with E-state index in [1.807, 2.05) is 13.8 Å². The quantitative estimate of drug-likeness (QED) is 0.323. The Bertz CT molecular complexity index is 442. The number of hydrogen-bond donors (Lipinski definition) is 1. The Kier molecular flexibility index (Phi) is 11.9. The first-order valence-corrected chi connectivity index (χ1v) is 10.8. The molecule has 0 aliphatic heterocycles. The van der Waals surface area contributed by atoms with Gasteiger partial charge < -0.3 is 19.5 Å². The lowest BCUT2D eigenvalue weighted by atomic mass is 9.66. The molecule has 0 aromatic rings. The van der Waals surface area contributed by atoms with Gasteiger partial charge in [-0.3, -0.25) is 4.79 Å². The predicted octanol–water partition coefficient (Wildman–Crippen LogP) is 3.85. The number of carbonyl (C=O) groups is 2. The molecular weight excluding hydrogens is 342 g/mol. The summed E-state index contributed by atoms with van der Waals surface area (Å²) in [5, 5.41) is 21.9. The largest absolute Gasteiger partial charge is 0.544 e. The van der Waals surface area contributed by atoms with Crippen molar-refractivity contribution in [3.05, 3.63) is 0 Å². The molecule has 2 unspecified atom stereocenters. The molecule has 27 heavy (non-hydrogen) atoms. The molecule has 0 amide bonds. The summed E-state index contributed by atoms with van der Waals surface area (Å²) in [5.74, 6) is -2.57. The molecule has 0 saturated carbocycles. The number of nitrogens with zero attached hydrogens (tertiary/aromatic N) is 1. The summed E-state index contributed by atoms with van der Waals surface area (Å²) in [4.78, 5) is 24.1. The third-order valence-corrected chi connectivity index (χ3v) is 5.86. The highest BCUT2D eigenvalue weighted by atomic mass is 16.4. The second kappa shape index (κ2) is 12.4. The zero-order valence-corrected chi connectivity index (χ0v) is 18.6. The van der Waals surface area contributed by atoms with Crippen LogP contribution in [0.3, 0.4) is 0 Å². The van der Waals surface area contributed by atoms with Gasteiger partial charge >= 0.3 is 5.97 Å². The monoisotopic (exact) mass is 385 g/mol. The van der Waals surface area contributed by atoms with E-state index in [2.05, 4.69) is 6.92 Å². The summed E-state index contributed by atoms with van der Waals surface area (Å²) in [6.45, 7) is 5.85. The van der Waals surface area contributed by atoms with E-state index < -0.39 is 23.4 Å². The number of likely N-dealkylation sites (N-methyl/N-ethyl adjacent to an activating group) is 1. The number of unbranched alkanes of at least 4 members (excludes halogenated alkanes) is 9. The van der Waals surface area contributed by atoms with Gasteiger partial charge in [-0.05, 0) is 12.3 Å². The smallest absolute Gasteiger partial charge is 0.316 e. The first-order valence-electron chi connectivity index (χ1n) is 10.8. The molecule has 0 aliphatic rings. The maximum absolute atomic E-state index is 12.2. The summed E-state index contributed by atoms with van der Waals surface area (Å²) in [7, 11) is 5.21. The van der Waals surface area contributed by atoms with Gasteiger partial charge in [-0.2, -0.15) is 0 Å². The molecule has 0 heterocycles. The van der Waals surface area contributed by atoms with Gasteiger partial charge in [0.1, 0.15) is 17.4 Å². The number of hydrogen-bond acceptors (Lipinski definition) is 3. The molecule has 0 rings (SSSR count). The van der Waals surface area contributed by atoms with Crippen LogP contribution < -0.4 is 5.11 Å². The van der Waals surface area contributed by atoms with Crippen molar-refractivity contribution in [2.45, 2.75) is 97.4 Å². The Morgan fingerprint density at radius 3 is 1.59 bits per heavy atom. The van der Waals surface area contributed by atoms with Crippen LogP contribution in [0.5, 0.6) is 0 Å². The van der Waals surface area contributed by atoms with Crippen LogP contribution in [0.1, 0.15) is 91.4 Å². The van der Waals surface area contributed by atoms with Crippen molar-refractivity contribution in [3.63, 3.8) is 0 Å². The topological polar surface area (TPSA) is 77.4 Å². The van der Waals surface area contributed by atoms with Gasteiger partial charge in [-0.15, -0.1) is 0 Å². The molecule has 5 heteroatoms. The van der Waals surface area contributed by atoms with Crippen molar-refractivity contribution in [2.24, 2.45) is 11.3 Å². The summed E-state index contributed by atoms with van der Waals surface area (Å²) < 4.78 is 0.0462. The van der Waals surface area contributed by atoms with E-state index in [0.717, 1.165) is 19.3 Å². The predicted molar refractivity (Wildman–Crippen MR) is 108 cm³/mol. The van der Waals surface area contributed by atoms with Gasteiger partial charge in [0.2, 0.25) is 0 Å². The lowest BCUT2D eigenvalue weighted by Crippen LogP contribution is -2.66. The third kappa shape index (κ3) is 8.20. The molecule has 0 saturated heterocycles. The Morgan fingerprint density at radius 2 is 1.30 bits per heavy atom. The van der Waals surface area contributed by atoms with Crippen LogP contribution in [0.25, 0.3) is 0 Å².